The van der Waals surface area contributed by atoms with Crippen LogP contribution in [0.4, 0.5) is 0 Å². The molecule has 3 rings (SSSR count). The van der Waals surface area contributed by atoms with E-state index in [-0.39, 0.29) is 49.6 Å². The van der Waals surface area contributed by atoms with Crippen molar-refractivity contribution < 1.29 is 33.8 Å². The molecule has 3 atom stereocenters. The summed E-state index contributed by atoms with van der Waals surface area (Å²) in [5, 5.41) is 30.9. The summed E-state index contributed by atoms with van der Waals surface area (Å²) in [4.78, 5) is 64.7. The van der Waals surface area contributed by atoms with Gasteiger partial charge in [0.15, 0.2) is 5.96 Å². The normalized spacial score (nSPS) is 14.0. The van der Waals surface area contributed by atoms with Gasteiger partial charge < -0.3 is 42.2 Å². The van der Waals surface area contributed by atoms with Gasteiger partial charge in [-0.3, -0.25) is 30.0 Å². The van der Waals surface area contributed by atoms with Gasteiger partial charge in [-0.25, -0.2) is 4.79 Å². The third-order valence-corrected chi connectivity index (χ3v) is 8.27. The molecule has 286 valence electrons. The molecule has 0 radical (unpaired) electrons. The molecule has 2 aromatic rings. The molecule has 1 saturated carbocycles. The number of hydrogen-bond acceptors (Lipinski definition) is 8. The second-order valence-corrected chi connectivity index (χ2v) is 12.6. The summed E-state index contributed by atoms with van der Waals surface area (Å²) < 4.78 is 5.56. The van der Waals surface area contributed by atoms with Crippen LogP contribution in [0.15, 0.2) is 54.6 Å². The molecule has 15 nitrogen and oxygen atoms in total. The zero-order valence-electron chi connectivity index (χ0n) is 30.0. The lowest BCUT2D eigenvalue weighted by Gasteiger charge is -2.32. The van der Waals surface area contributed by atoms with Crippen molar-refractivity contribution in [1.82, 2.24) is 20.9 Å². The van der Waals surface area contributed by atoms with Crippen molar-refractivity contribution in [2.45, 2.75) is 77.0 Å². The van der Waals surface area contributed by atoms with Gasteiger partial charge in [0, 0.05) is 33.1 Å². The maximum Gasteiger partial charge on any atom is 0.328 e. The number of benzene rings is 2. The number of rotatable bonds is 16. The van der Waals surface area contributed by atoms with Crippen LogP contribution in [0.25, 0.3) is 0 Å². The molecule has 1 aliphatic rings. The molecule has 1 fully saturated rings. The molecule has 16 heteroatoms. The quantitative estimate of drug-likeness (QED) is 0.0409. The van der Waals surface area contributed by atoms with E-state index in [0.29, 0.717) is 36.9 Å². The Hall–Kier alpha value is -5.18. The van der Waals surface area contributed by atoms with Gasteiger partial charge in [-0.2, -0.15) is 0 Å². The van der Waals surface area contributed by atoms with E-state index in [4.69, 9.17) is 36.9 Å². The number of amides is 3. The molecule has 0 bridgehead atoms. The summed E-state index contributed by atoms with van der Waals surface area (Å²) in [6.45, 7) is 1.43. The van der Waals surface area contributed by atoms with E-state index in [1.807, 2.05) is 30.3 Å². The number of esters is 1. The first-order valence-electron chi connectivity index (χ1n) is 16.9. The molecular weight excluding hydrogens is 692 g/mol. The highest BCUT2D eigenvalue weighted by molar-refractivity contribution is 6.02. The molecule has 0 aliphatic heterocycles. The van der Waals surface area contributed by atoms with Crippen LogP contribution in [-0.4, -0.2) is 84.2 Å². The second kappa shape index (κ2) is 23.3. The molecule has 1 aliphatic carbocycles. The molecule has 0 heterocycles. The summed E-state index contributed by atoms with van der Waals surface area (Å²) in [7, 11) is 3.14. The molecule has 0 saturated heterocycles. The highest BCUT2D eigenvalue weighted by Gasteiger charge is 2.37. The molecule has 10 N–H and O–H groups in total. The van der Waals surface area contributed by atoms with Gasteiger partial charge in [0.2, 0.25) is 17.7 Å². The van der Waals surface area contributed by atoms with E-state index < -0.39 is 47.7 Å². The van der Waals surface area contributed by atoms with Crippen molar-refractivity contribution in [2.24, 2.45) is 23.3 Å². The van der Waals surface area contributed by atoms with Crippen LogP contribution >= 0.6 is 12.4 Å². The van der Waals surface area contributed by atoms with Crippen LogP contribution in [0.1, 0.15) is 68.6 Å². The van der Waals surface area contributed by atoms with Crippen molar-refractivity contribution in [3.8, 4) is 0 Å². The topological polar surface area (TPSA) is 254 Å². The zero-order valence-corrected chi connectivity index (χ0v) is 30.8. The summed E-state index contributed by atoms with van der Waals surface area (Å²) in [6.07, 6.45) is 4.94. The van der Waals surface area contributed by atoms with E-state index in [9.17, 15) is 19.2 Å². The molecule has 52 heavy (non-hydrogen) atoms. The molecule has 0 spiro atoms. The predicted octanol–water partition coefficient (Wildman–Crippen LogP) is 2.29. The molecular formula is C36H53ClN8O7. The van der Waals surface area contributed by atoms with Crippen molar-refractivity contribution in [3.05, 3.63) is 71.3 Å². The lowest BCUT2D eigenvalue weighted by molar-refractivity contribution is -0.150. The number of carboxylic acid groups (broad SMARTS) is 1. The number of guanidine groups is 1. The fourth-order valence-corrected chi connectivity index (χ4v) is 5.65. The molecule has 1 unspecified atom stereocenters. The van der Waals surface area contributed by atoms with Crippen LogP contribution in [-0.2, 0) is 41.7 Å². The third kappa shape index (κ3) is 16.2. The highest BCUT2D eigenvalue weighted by Crippen LogP contribution is 2.27. The number of ether oxygens (including phenoxy) is 1. The Morgan fingerprint density at radius 1 is 0.904 bits per heavy atom. The number of nitrogens with one attached hydrogen (secondary N) is 5. The lowest BCUT2D eigenvalue weighted by Crippen LogP contribution is -2.57. The zero-order chi connectivity index (χ0) is 37.9. The van der Waals surface area contributed by atoms with Crippen molar-refractivity contribution in [2.75, 3.05) is 20.6 Å². The Morgan fingerprint density at radius 3 is 2.04 bits per heavy atom. The minimum absolute atomic E-state index is 0. The van der Waals surface area contributed by atoms with Gasteiger partial charge in [0.05, 0.1) is 0 Å². The first kappa shape index (κ1) is 44.8. The molecule has 3 amide bonds. The smallest absolute Gasteiger partial charge is 0.328 e. The van der Waals surface area contributed by atoms with Gasteiger partial charge >= 0.3 is 5.97 Å². The number of nitrogens with two attached hydrogens (primary N) is 2. The largest absolute Gasteiger partial charge is 0.481 e. The maximum absolute atomic E-state index is 14.0. The van der Waals surface area contributed by atoms with Crippen molar-refractivity contribution in [3.63, 3.8) is 0 Å². The first-order chi connectivity index (χ1) is 24.2. The van der Waals surface area contributed by atoms with E-state index in [1.54, 1.807) is 38.4 Å². The minimum atomic E-state index is -1.11. The number of aliphatic carboxylic acids is 1. The van der Waals surface area contributed by atoms with Gasteiger partial charge in [-0.05, 0) is 49.1 Å². The average Bonchev–Trinajstić information content (AvgIpc) is 3.09. The summed E-state index contributed by atoms with van der Waals surface area (Å²) >= 11 is 0. The second-order valence-electron chi connectivity index (χ2n) is 12.6. The number of amidine groups is 1. The number of nitrogens with zero attached hydrogens (tertiary/aromatic N) is 1. The third-order valence-electron chi connectivity index (χ3n) is 8.27. The number of hydrogen-bond donors (Lipinski definition) is 8. The maximum atomic E-state index is 14.0. The number of carbonyl (C=O) groups excluding carboxylic acids is 4. The van der Waals surface area contributed by atoms with E-state index in [1.165, 1.54) is 4.90 Å². The standard InChI is InChI=1S/C34H48N8O5.C2H4O2.ClH/c1-42(2)32(45)26(20-22-15-17-25(18-16-22)29(35)36)30(43)41-28(24-12-7-4-8-13-24)31(44)40-27(14-9-19-39-34(37)38)33(46)47-21-23-10-5-3-6-11-23;1-2(3)4;/h3,5-6,10-11,15-18,24,26-28H,4,7-9,12-14,19-21H2,1-2H3,(H3,35,36)(H,40,44)(H,41,43)(H4,37,38,39);1H3,(H,3,4);1H/t26-,27?,28-;;/m0../s1. The average molecular weight is 745 g/mol. The highest BCUT2D eigenvalue weighted by atomic mass is 35.5. The van der Waals surface area contributed by atoms with E-state index in [0.717, 1.165) is 31.7 Å². The summed E-state index contributed by atoms with van der Waals surface area (Å²) in [6, 6.07) is 14.0. The van der Waals surface area contributed by atoms with Crippen LogP contribution < -0.4 is 27.4 Å². The van der Waals surface area contributed by atoms with Crippen LogP contribution in [0, 0.1) is 22.7 Å². The Kier molecular flexibility index (Phi) is 20.1. The SMILES string of the molecule is CC(=O)O.CN(C)C(=O)[C@@H](Cc1ccc(C(=N)N)cc1)C(=O)N[C@H](C(=O)NC(CCCNC(=N)N)C(=O)OCc1ccccc1)C1CCCCC1.Cl. The fraction of sp³-hybridized carbons (Fsp3) is 0.472. The van der Waals surface area contributed by atoms with Crippen LogP contribution in [0.2, 0.25) is 0 Å². The Morgan fingerprint density at radius 2 is 1.50 bits per heavy atom. The molecule has 2 aromatic carbocycles. The van der Waals surface area contributed by atoms with Gasteiger partial charge in [0.1, 0.15) is 30.4 Å². The Bertz CT molecular complexity index is 1480. The predicted molar refractivity (Wildman–Crippen MR) is 200 cm³/mol. The Labute approximate surface area is 311 Å². The number of halogens is 1. The lowest BCUT2D eigenvalue weighted by atomic mass is 9.83. The first-order valence-corrected chi connectivity index (χ1v) is 16.9. The van der Waals surface area contributed by atoms with Gasteiger partial charge in [-0.1, -0.05) is 73.9 Å². The van der Waals surface area contributed by atoms with Crippen LogP contribution in [0.5, 0.6) is 0 Å². The van der Waals surface area contributed by atoms with E-state index >= 15 is 0 Å². The van der Waals surface area contributed by atoms with Crippen LogP contribution in [0.3, 0.4) is 0 Å². The van der Waals surface area contributed by atoms with E-state index in [2.05, 4.69) is 16.0 Å². The van der Waals surface area contributed by atoms with Crippen molar-refractivity contribution >= 4 is 53.9 Å². The van der Waals surface area contributed by atoms with Gasteiger partial charge in [0.25, 0.3) is 5.97 Å². The minimum Gasteiger partial charge on any atom is -0.481 e. The summed E-state index contributed by atoms with van der Waals surface area (Å²) in [5.41, 5.74) is 13.0. The molecule has 0 aromatic heterocycles. The monoisotopic (exact) mass is 744 g/mol. The van der Waals surface area contributed by atoms with Gasteiger partial charge in [-0.15, -0.1) is 12.4 Å². The fourth-order valence-electron chi connectivity index (χ4n) is 5.65. The number of carbonyl (C=O) groups is 5. The number of nitrogen functional groups attached to an aromatic ring is 1. The number of carboxylic acids is 1. The summed E-state index contributed by atoms with van der Waals surface area (Å²) in [5.74, 6) is -4.56. The van der Waals surface area contributed by atoms with Crippen molar-refractivity contribution in [1.29, 1.82) is 10.8 Å². The Balaban J connectivity index is 0.00000256.